The number of hydrogen-bond acceptors (Lipinski definition) is 4. The summed E-state index contributed by atoms with van der Waals surface area (Å²) < 4.78 is 0. The van der Waals surface area contributed by atoms with Gasteiger partial charge in [0.25, 0.3) is 0 Å². The van der Waals surface area contributed by atoms with E-state index in [0.717, 1.165) is 64.2 Å². The molecule has 29 heavy (non-hydrogen) atoms. The van der Waals surface area contributed by atoms with Crippen molar-refractivity contribution < 1.29 is 9.59 Å². The quantitative estimate of drug-likeness (QED) is 0.765. The number of carbonyl (C=O) groups excluding carboxylic acids is 2. The first kappa shape index (κ1) is 21.8. The Balaban J connectivity index is 1.43. The molecule has 0 aliphatic carbocycles. The maximum absolute atomic E-state index is 12.6. The number of amides is 2. The Kier molecular flexibility index (Phi) is 8.07. The van der Waals surface area contributed by atoms with Gasteiger partial charge in [0.05, 0.1) is 0 Å². The average Bonchev–Trinajstić information content (AvgIpc) is 2.76. The van der Waals surface area contributed by atoms with Crippen LogP contribution >= 0.6 is 0 Å². The summed E-state index contributed by atoms with van der Waals surface area (Å²) >= 11 is 0. The average molecular weight is 401 g/mol. The molecule has 2 aliphatic heterocycles. The van der Waals surface area contributed by atoms with Crippen LogP contribution in [0.1, 0.15) is 45.1 Å². The van der Waals surface area contributed by atoms with Gasteiger partial charge in [-0.05, 0) is 43.5 Å². The molecule has 160 valence electrons. The summed E-state index contributed by atoms with van der Waals surface area (Å²) in [5, 5.41) is 3.06. The second-order valence-corrected chi connectivity index (χ2v) is 8.30. The number of benzene rings is 1. The SMILES string of the molecule is CCCC(=O)N1CCC(C(=O)Nc2ccc(CN3CCN(CC)CC3)cc2)CC1. The first-order valence-electron chi connectivity index (χ1n) is 11.2. The van der Waals surface area contributed by atoms with Crippen molar-refractivity contribution >= 4 is 17.5 Å². The predicted molar refractivity (Wildman–Crippen MR) is 117 cm³/mol. The van der Waals surface area contributed by atoms with Crippen molar-refractivity contribution in [2.45, 2.75) is 46.1 Å². The van der Waals surface area contributed by atoms with Gasteiger partial charge in [-0.2, -0.15) is 0 Å². The van der Waals surface area contributed by atoms with Crippen LogP contribution in [0.3, 0.4) is 0 Å². The summed E-state index contributed by atoms with van der Waals surface area (Å²) in [7, 11) is 0. The lowest BCUT2D eigenvalue weighted by Crippen LogP contribution is -2.45. The Morgan fingerprint density at radius 1 is 0.931 bits per heavy atom. The molecule has 1 aromatic rings. The monoisotopic (exact) mass is 400 g/mol. The second kappa shape index (κ2) is 10.7. The summed E-state index contributed by atoms with van der Waals surface area (Å²) in [4.78, 5) is 31.5. The Morgan fingerprint density at radius 2 is 1.55 bits per heavy atom. The van der Waals surface area contributed by atoms with E-state index in [9.17, 15) is 9.59 Å². The zero-order valence-electron chi connectivity index (χ0n) is 18.0. The van der Waals surface area contributed by atoms with E-state index in [-0.39, 0.29) is 17.7 Å². The van der Waals surface area contributed by atoms with Crippen LogP contribution in [0.25, 0.3) is 0 Å². The Hall–Kier alpha value is -1.92. The molecule has 2 heterocycles. The van der Waals surface area contributed by atoms with Crippen molar-refractivity contribution in [1.82, 2.24) is 14.7 Å². The maximum atomic E-state index is 12.6. The maximum Gasteiger partial charge on any atom is 0.227 e. The van der Waals surface area contributed by atoms with Gasteiger partial charge in [-0.3, -0.25) is 14.5 Å². The normalized spacial score (nSPS) is 19.3. The van der Waals surface area contributed by atoms with Gasteiger partial charge in [-0.1, -0.05) is 26.0 Å². The van der Waals surface area contributed by atoms with Crippen LogP contribution < -0.4 is 5.32 Å². The highest BCUT2D eigenvalue weighted by molar-refractivity contribution is 5.92. The van der Waals surface area contributed by atoms with Gasteiger partial charge in [0.2, 0.25) is 11.8 Å². The minimum Gasteiger partial charge on any atom is -0.343 e. The van der Waals surface area contributed by atoms with E-state index in [0.29, 0.717) is 19.5 Å². The third-order valence-corrected chi connectivity index (χ3v) is 6.22. The van der Waals surface area contributed by atoms with E-state index >= 15 is 0 Å². The highest BCUT2D eigenvalue weighted by atomic mass is 16.2. The number of carbonyl (C=O) groups is 2. The number of likely N-dealkylation sites (N-methyl/N-ethyl adjacent to an activating group) is 1. The minimum atomic E-state index is -0.00443. The molecule has 0 atom stereocenters. The van der Waals surface area contributed by atoms with Gasteiger partial charge in [-0.15, -0.1) is 0 Å². The lowest BCUT2D eigenvalue weighted by Gasteiger charge is -2.34. The summed E-state index contributed by atoms with van der Waals surface area (Å²) in [5.41, 5.74) is 2.15. The van der Waals surface area contributed by atoms with Crippen molar-refractivity contribution in [1.29, 1.82) is 0 Å². The molecular weight excluding hydrogens is 364 g/mol. The van der Waals surface area contributed by atoms with Crippen molar-refractivity contribution in [2.24, 2.45) is 5.92 Å². The van der Waals surface area contributed by atoms with Crippen molar-refractivity contribution in [2.75, 3.05) is 51.1 Å². The van der Waals surface area contributed by atoms with Crippen molar-refractivity contribution in [3.05, 3.63) is 29.8 Å². The van der Waals surface area contributed by atoms with Gasteiger partial charge in [0, 0.05) is 63.8 Å². The molecule has 0 spiro atoms. The molecule has 2 aliphatic rings. The Morgan fingerprint density at radius 3 is 2.14 bits per heavy atom. The third kappa shape index (κ3) is 6.28. The number of nitrogens with zero attached hydrogens (tertiary/aromatic N) is 3. The van der Waals surface area contributed by atoms with E-state index < -0.39 is 0 Å². The highest BCUT2D eigenvalue weighted by Gasteiger charge is 2.27. The molecule has 1 aromatic carbocycles. The molecule has 2 amide bonds. The Bertz CT molecular complexity index is 660. The lowest BCUT2D eigenvalue weighted by atomic mass is 9.95. The lowest BCUT2D eigenvalue weighted by molar-refractivity contribution is -0.134. The number of hydrogen-bond donors (Lipinski definition) is 1. The van der Waals surface area contributed by atoms with Crippen molar-refractivity contribution in [3.8, 4) is 0 Å². The topological polar surface area (TPSA) is 55.9 Å². The molecular formula is C23H36N4O2. The number of nitrogens with one attached hydrogen (secondary N) is 1. The molecule has 0 saturated carbocycles. The number of likely N-dealkylation sites (tertiary alicyclic amines) is 1. The van der Waals surface area contributed by atoms with Gasteiger partial charge in [-0.25, -0.2) is 0 Å². The van der Waals surface area contributed by atoms with Crippen LogP contribution in [0.15, 0.2) is 24.3 Å². The zero-order valence-corrected chi connectivity index (χ0v) is 18.0. The van der Waals surface area contributed by atoms with Gasteiger partial charge in [0.15, 0.2) is 0 Å². The number of piperazine rings is 1. The minimum absolute atomic E-state index is 0.00443. The summed E-state index contributed by atoms with van der Waals surface area (Å²) in [6, 6.07) is 8.26. The molecule has 6 heteroatoms. The van der Waals surface area contributed by atoms with E-state index in [1.807, 2.05) is 24.0 Å². The third-order valence-electron chi connectivity index (χ3n) is 6.22. The fourth-order valence-electron chi connectivity index (χ4n) is 4.22. The largest absolute Gasteiger partial charge is 0.343 e. The van der Waals surface area contributed by atoms with Crippen LogP contribution in [-0.4, -0.2) is 72.3 Å². The molecule has 2 saturated heterocycles. The fourth-order valence-corrected chi connectivity index (χ4v) is 4.22. The van der Waals surface area contributed by atoms with Crippen LogP contribution in [0.5, 0.6) is 0 Å². The van der Waals surface area contributed by atoms with E-state index in [2.05, 4.69) is 34.2 Å². The first-order chi connectivity index (χ1) is 14.1. The van der Waals surface area contributed by atoms with Crippen LogP contribution in [0.2, 0.25) is 0 Å². The number of anilines is 1. The zero-order chi connectivity index (χ0) is 20.6. The molecule has 1 N–H and O–H groups in total. The first-order valence-corrected chi connectivity index (χ1v) is 11.2. The van der Waals surface area contributed by atoms with E-state index in [1.54, 1.807) is 0 Å². The molecule has 2 fully saturated rings. The van der Waals surface area contributed by atoms with Crippen LogP contribution in [0, 0.1) is 5.92 Å². The van der Waals surface area contributed by atoms with Crippen LogP contribution in [0.4, 0.5) is 5.69 Å². The van der Waals surface area contributed by atoms with Gasteiger partial charge < -0.3 is 15.1 Å². The molecule has 0 bridgehead atoms. The second-order valence-electron chi connectivity index (χ2n) is 8.30. The van der Waals surface area contributed by atoms with Crippen molar-refractivity contribution in [3.63, 3.8) is 0 Å². The summed E-state index contributed by atoms with van der Waals surface area (Å²) in [5.74, 6) is 0.296. The summed E-state index contributed by atoms with van der Waals surface area (Å²) in [6.45, 7) is 12.3. The highest BCUT2D eigenvalue weighted by Crippen LogP contribution is 2.21. The van der Waals surface area contributed by atoms with E-state index in [1.165, 1.54) is 5.56 Å². The molecule has 0 unspecified atom stereocenters. The molecule has 3 rings (SSSR count). The predicted octanol–water partition coefficient (Wildman–Crippen LogP) is 2.80. The molecule has 6 nitrogen and oxygen atoms in total. The molecule has 0 radical (unpaired) electrons. The summed E-state index contributed by atoms with van der Waals surface area (Å²) in [6.07, 6.45) is 2.99. The Labute approximate surface area is 175 Å². The molecule has 0 aromatic heterocycles. The number of rotatable bonds is 7. The fraction of sp³-hybridized carbons (Fsp3) is 0.652. The van der Waals surface area contributed by atoms with Gasteiger partial charge in [0.1, 0.15) is 0 Å². The standard InChI is InChI=1S/C23H36N4O2/c1-3-5-22(28)27-12-10-20(11-13-27)23(29)24-21-8-6-19(7-9-21)18-26-16-14-25(4-2)15-17-26/h6-9,20H,3-5,10-18H2,1-2H3,(H,24,29). The van der Waals surface area contributed by atoms with E-state index in [4.69, 9.17) is 0 Å². The van der Waals surface area contributed by atoms with Gasteiger partial charge >= 0.3 is 0 Å². The smallest absolute Gasteiger partial charge is 0.227 e. The van der Waals surface area contributed by atoms with Crippen LogP contribution in [-0.2, 0) is 16.1 Å². The number of piperidine rings is 1.